The molecule has 0 radical (unpaired) electrons. The monoisotopic (exact) mass is 235 g/mol. The maximum atomic E-state index is 10.4. The Labute approximate surface area is 106 Å². The number of aromatic hydroxyl groups is 1. The van der Waals surface area contributed by atoms with Crippen LogP contribution in [0.4, 0.5) is 0 Å². The van der Waals surface area contributed by atoms with E-state index < -0.39 is 0 Å². The molecule has 2 aromatic carbocycles. The Morgan fingerprint density at radius 3 is 2.61 bits per heavy atom. The minimum Gasteiger partial charge on any atom is -0.507 e. The summed E-state index contributed by atoms with van der Waals surface area (Å²) in [5.74, 6) is 0.301. The van der Waals surface area contributed by atoms with Crippen LogP contribution in [-0.4, -0.2) is 10.1 Å². The van der Waals surface area contributed by atoms with Gasteiger partial charge >= 0.3 is 0 Å². The Morgan fingerprint density at radius 2 is 1.78 bits per heavy atom. The lowest BCUT2D eigenvalue weighted by Crippen LogP contribution is -1.88. The second-order valence-electron chi connectivity index (χ2n) is 4.35. The van der Waals surface area contributed by atoms with E-state index in [0.717, 1.165) is 27.6 Å². The number of nitrogens with zero attached hydrogens (tertiary/aromatic N) is 1. The second kappa shape index (κ2) is 4.15. The van der Waals surface area contributed by atoms with Crippen LogP contribution < -0.4 is 0 Å². The zero-order valence-corrected chi connectivity index (χ0v) is 10.1. The van der Waals surface area contributed by atoms with Gasteiger partial charge in [-0.1, -0.05) is 36.4 Å². The summed E-state index contributed by atoms with van der Waals surface area (Å²) in [6.07, 6.45) is 1.75. The van der Waals surface area contributed by atoms with E-state index >= 15 is 0 Å². The van der Waals surface area contributed by atoms with Gasteiger partial charge < -0.3 is 5.11 Å². The SMILES string of the molecule is Cc1cccnc1-c1ccc2ccccc2c1O. The Balaban J connectivity index is 2.31. The first-order valence-corrected chi connectivity index (χ1v) is 5.90. The first-order valence-electron chi connectivity index (χ1n) is 5.90. The molecule has 2 heteroatoms. The third-order valence-corrected chi connectivity index (χ3v) is 3.17. The molecule has 0 aliphatic rings. The Hall–Kier alpha value is -2.35. The summed E-state index contributed by atoms with van der Waals surface area (Å²) in [7, 11) is 0. The molecule has 3 rings (SSSR count). The van der Waals surface area contributed by atoms with Crippen LogP contribution in [0.1, 0.15) is 5.56 Å². The van der Waals surface area contributed by atoms with Crippen LogP contribution in [0.5, 0.6) is 5.75 Å². The van der Waals surface area contributed by atoms with Crippen LogP contribution in [0, 0.1) is 6.92 Å². The number of hydrogen-bond donors (Lipinski definition) is 1. The van der Waals surface area contributed by atoms with Gasteiger partial charge in [-0.2, -0.15) is 0 Å². The van der Waals surface area contributed by atoms with E-state index in [-0.39, 0.29) is 0 Å². The first kappa shape index (κ1) is 10.8. The van der Waals surface area contributed by atoms with E-state index in [4.69, 9.17) is 0 Å². The van der Waals surface area contributed by atoms with Crippen LogP contribution in [0.2, 0.25) is 0 Å². The van der Waals surface area contributed by atoms with E-state index in [9.17, 15) is 5.11 Å². The number of aromatic nitrogens is 1. The van der Waals surface area contributed by atoms with E-state index in [2.05, 4.69) is 4.98 Å². The van der Waals surface area contributed by atoms with Gasteiger partial charge in [0.25, 0.3) is 0 Å². The number of aryl methyl sites for hydroxylation is 1. The molecule has 0 saturated heterocycles. The van der Waals surface area contributed by atoms with E-state index in [1.54, 1.807) is 6.20 Å². The molecule has 3 aromatic rings. The highest BCUT2D eigenvalue weighted by Crippen LogP contribution is 2.35. The van der Waals surface area contributed by atoms with E-state index in [0.29, 0.717) is 5.75 Å². The van der Waals surface area contributed by atoms with Gasteiger partial charge in [0.2, 0.25) is 0 Å². The van der Waals surface area contributed by atoms with Crippen molar-refractivity contribution >= 4 is 10.8 Å². The molecular weight excluding hydrogens is 222 g/mol. The quantitative estimate of drug-likeness (QED) is 0.693. The molecular formula is C16H13NO. The van der Waals surface area contributed by atoms with Gasteiger partial charge in [-0.25, -0.2) is 0 Å². The van der Waals surface area contributed by atoms with E-state index in [1.165, 1.54) is 0 Å². The number of benzene rings is 2. The van der Waals surface area contributed by atoms with Crippen molar-refractivity contribution in [1.29, 1.82) is 0 Å². The number of phenolic OH excluding ortho intramolecular Hbond substituents is 1. The van der Waals surface area contributed by atoms with Crippen LogP contribution in [-0.2, 0) is 0 Å². The fraction of sp³-hybridized carbons (Fsp3) is 0.0625. The highest BCUT2D eigenvalue weighted by molar-refractivity contribution is 5.94. The molecule has 0 spiro atoms. The predicted molar refractivity (Wildman–Crippen MR) is 73.6 cm³/mol. The third-order valence-electron chi connectivity index (χ3n) is 3.17. The lowest BCUT2D eigenvalue weighted by molar-refractivity contribution is 0.483. The van der Waals surface area contributed by atoms with Gasteiger partial charge in [0.05, 0.1) is 5.69 Å². The molecule has 0 saturated carbocycles. The van der Waals surface area contributed by atoms with Crippen LogP contribution >= 0.6 is 0 Å². The highest BCUT2D eigenvalue weighted by Gasteiger charge is 2.10. The molecule has 0 fully saturated rings. The van der Waals surface area contributed by atoms with Crippen molar-refractivity contribution in [1.82, 2.24) is 4.98 Å². The van der Waals surface area contributed by atoms with E-state index in [1.807, 2.05) is 55.5 Å². The van der Waals surface area contributed by atoms with Crippen molar-refractivity contribution in [3.05, 3.63) is 60.3 Å². The Morgan fingerprint density at radius 1 is 0.944 bits per heavy atom. The van der Waals surface area contributed by atoms with Gasteiger partial charge in [-0.3, -0.25) is 4.98 Å². The summed E-state index contributed by atoms with van der Waals surface area (Å²) in [5.41, 5.74) is 2.68. The number of hydrogen-bond acceptors (Lipinski definition) is 2. The molecule has 0 amide bonds. The lowest BCUT2D eigenvalue weighted by atomic mass is 10.0. The third kappa shape index (κ3) is 1.63. The molecule has 0 aliphatic carbocycles. The van der Waals surface area contributed by atoms with Gasteiger partial charge in [-0.15, -0.1) is 0 Å². The summed E-state index contributed by atoms with van der Waals surface area (Å²) in [5, 5.41) is 12.3. The largest absolute Gasteiger partial charge is 0.507 e. The predicted octanol–water partition coefficient (Wildman–Crippen LogP) is 3.92. The standard InChI is InChI=1S/C16H13NO/c1-11-5-4-10-17-15(11)14-9-8-12-6-2-3-7-13(12)16(14)18/h2-10,18H,1H3. The lowest BCUT2D eigenvalue weighted by Gasteiger charge is -2.09. The molecule has 18 heavy (non-hydrogen) atoms. The summed E-state index contributed by atoms with van der Waals surface area (Å²) in [6.45, 7) is 2.00. The molecule has 1 aromatic heterocycles. The molecule has 0 unspecified atom stereocenters. The zero-order valence-electron chi connectivity index (χ0n) is 10.1. The van der Waals surface area contributed by atoms with Crippen molar-refractivity contribution < 1.29 is 5.11 Å². The average molecular weight is 235 g/mol. The minimum atomic E-state index is 0.301. The van der Waals surface area contributed by atoms with Crippen molar-refractivity contribution in [2.24, 2.45) is 0 Å². The highest BCUT2D eigenvalue weighted by atomic mass is 16.3. The Kier molecular flexibility index (Phi) is 2.49. The van der Waals surface area contributed by atoms with Crippen LogP contribution in [0.3, 0.4) is 0 Å². The summed E-state index contributed by atoms with van der Waals surface area (Å²) in [6, 6.07) is 15.6. The van der Waals surface area contributed by atoms with Crippen molar-refractivity contribution in [3.63, 3.8) is 0 Å². The number of phenols is 1. The molecule has 1 heterocycles. The summed E-state index contributed by atoms with van der Waals surface area (Å²) < 4.78 is 0. The molecule has 0 bridgehead atoms. The maximum Gasteiger partial charge on any atom is 0.132 e. The average Bonchev–Trinajstić information content (AvgIpc) is 2.41. The normalized spacial score (nSPS) is 10.7. The van der Waals surface area contributed by atoms with Gasteiger partial charge in [0.15, 0.2) is 0 Å². The molecule has 0 atom stereocenters. The summed E-state index contributed by atoms with van der Waals surface area (Å²) in [4.78, 5) is 4.36. The van der Waals surface area contributed by atoms with Crippen LogP contribution in [0.25, 0.3) is 22.0 Å². The number of fused-ring (bicyclic) bond motifs is 1. The molecule has 88 valence electrons. The van der Waals surface area contributed by atoms with Crippen molar-refractivity contribution in [2.45, 2.75) is 6.92 Å². The summed E-state index contributed by atoms with van der Waals surface area (Å²) >= 11 is 0. The molecule has 0 aliphatic heterocycles. The first-order chi connectivity index (χ1) is 8.77. The van der Waals surface area contributed by atoms with Crippen molar-refractivity contribution in [3.8, 4) is 17.0 Å². The van der Waals surface area contributed by atoms with Gasteiger partial charge in [0.1, 0.15) is 5.75 Å². The fourth-order valence-corrected chi connectivity index (χ4v) is 2.21. The smallest absolute Gasteiger partial charge is 0.132 e. The number of rotatable bonds is 1. The van der Waals surface area contributed by atoms with Gasteiger partial charge in [-0.05, 0) is 30.0 Å². The van der Waals surface area contributed by atoms with Gasteiger partial charge in [0, 0.05) is 17.1 Å². The topological polar surface area (TPSA) is 33.1 Å². The Bertz CT molecular complexity index is 719. The maximum absolute atomic E-state index is 10.4. The fourth-order valence-electron chi connectivity index (χ4n) is 2.21. The minimum absolute atomic E-state index is 0.301. The van der Waals surface area contributed by atoms with Crippen LogP contribution in [0.15, 0.2) is 54.7 Å². The second-order valence-corrected chi connectivity index (χ2v) is 4.35. The number of pyridine rings is 1. The zero-order chi connectivity index (χ0) is 12.5. The molecule has 2 nitrogen and oxygen atoms in total. The van der Waals surface area contributed by atoms with Crippen molar-refractivity contribution in [2.75, 3.05) is 0 Å². The molecule has 1 N–H and O–H groups in total.